The second kappa shape index (κ2) is 12.0. The fourth-order valence-corrected chi connectivity index (χ4v) is 15.9. The number of rotatable bonds is 9. The topological polar surface area (TPSA) is 37.4 Å². The molecule has 1 aliphatic rings. The molecule has 33 heavy (non-hydrogen) atoms. The van der Waals surface area contributed by atoms with Gasteiger partial charge in [0.25, 0.3) is 0 Å². The number of benzene rings is 3. The lowest BCUT2D eigenvalue weighted by atomic mass is 10.4. The minimum atomic E-state index is -1.58. The zero-order valence-corrected chi connectivity index (χ0v) is 22.3. The van der Waals surface area contributed by atoms with Gasteiger partial charge in [-0.2, -0.15) is 13.2 Å². The van der Waals surface area contributed by atoms with E-state index in [2.05, 4.69) is 104 Å². The Labute approximate surface area is 202 Å². The van der Waals surface area contributed by atoms with E-state index >= 15 is 0 Å². The molecule has 0 unspecified atom stereocenters. The molecule has 0 atom stereocenters. The Morgan fingerprint density at radius 1 is 0.455 bits per heavy atom. The second-order valence-electron chi connectivity index (χ2n) is 7.21. The third-order valence-corrected chi connectivity index (χ3v) is 14.5. The van der Waals surface area contributed by atoms with Gasteiger partial charge in [-0.1, -0.05) is 91.0 Å². The smallest absolute Gasteiger partial charge is 0.306 e. The van der Waals surface area contributed by atoms with Gasteiger partial charge in [-0.25, -0.2) is 0 Å². The van der Waals surface area contributed by atoms with Crippen molar-refractivity contribution in [2.24, 2.45) is 0 Å². The van der Waals surface area contributed by atoms with Crippen molar-refractivity contribution < 1.29 is 14.5 Å². The van der Waals surface area contributed by atoms with E-state index < -0.39 is 27.4 Å². The van der Waals surface area contributed by atoms with Gasteiger partial charge in [0.1, 0.15) is 0 Å². The molecule has 0 saturated carbocycles. The molecular weight excluding hydrogens is 463 g/mol. The average molecular weight is 493 g/mol. The summed E-state index contributed by atoms with van der Waals surface area (Å²) in [5.41, 5.74) is 0. The van der Waals surface area contributed by atoms with Crippen LogP contribution in [0.3, 0.4) is 0 Å². The summed E-state index contributed by atoms with van der Waals surface area (Å²) in [4.78, 5) is 19.4. The van der Waals surface area contributed by atoms with E-state index in [1.54, 1.807) is 0 Å². The molecule has 6 nitrogen and oxygen atoms in total. The van der Waals surface area contributed by atoms with E-state index in [9.17, 15) is 0 Å². The molecular formula is C24H30N3O3Si3. The molecule has 9 heteroatoms. The van der Waals surface area contributed by atoms with E-state index in [-0.39, 0.29) is 0 Å². The maximum atomic E-state index is 6.45. The first kappa shape index (κ1) is 24.2. The predicted octanol–water partition coefficient (Wildman–Crippen LogP) is 1.95. The molecule has 3 aromatic rings. The molecule has 171 valence electrons. The van der Waals surface area contributed by atoms with Crippen molar-refractivity contribution in [3.63, 3.8) is 0 Å². The van der Waals surface area contributed by atoms with Crippen LogP contribution in [0.25, 0.3) is 0 Å². The van der Waals surface area contributed by atoms with Crippen LogP contribution in [0.1, 0.15) is 20.8 Å². The lowest BCUT2D eigenvalue weighted by molar-refractivity contribution is -0.119. The van der Waals surface area contributed by atoms with Crippen LogP contribution in [0.5, 0.6) is 0 Å². The van der Waals surface area contributed by atoms with E-state index in [1.807, 2.05) is 20.8 Å². The largest absolute Gasteiger partial charge is 0.310 e. The summed E-state index contributed by atoms with van der Waals surface area (Å²) in [6.45, 7) is 7.87. The van der Waals surface area contributed by atoms with Crippen molar-refractivity contribution in [3.05, 3.63) is 91.0 Å². The highest BCUT2D eigenvalue weighted by molar-refractivity contribution is 6.97. The molecule has 1 saturated heterocycles. The van der Waals surface area contributed by atoms with Crippen LogP contribution < -0.4 is 15.6 Å². The first-order valence-electron chi connectivity index (χ1n) is 11.4. The summed E-state index contributed by atoms with van der Waals surface area (Å²) in [6.07, 6.45) is 0. The Hall–Kier alpha value is -1.93. The van der Waals surface area contributed by atoms with Crippen molar-refractivity contribution in [2.45, 2.75) is 20.8 Å². The van der Waals surface area contributed by atoms with Crippen LogP contribution >= 0.6 is 0 Å². The Bertz CT molecular complexity index is 833. The third-order valence-electron chi connectivity index (χ3n) is 5.02. The van der Waals surface area contributed by atoms with Gasteiger partial charge in [-0.15, -0.1) is 0 Å². The summed E-state index contributed by atoms with van der Waals surface area (Å²) in [6, 6.07) is 31.9. The van der Waals surface area contributed by atoms with Crippen molar-refractivity contribution in [2.75, 3.05) is 19.8 Å². The van der Waals surface area contributed by atoms with E-state index in [4.69, 9.17) is 14.5 Å². The Morgan fingerprint density at radius 3 is 0.909 bits per heavy atom. The van der Waals surface area contributed by atoms with Gasteiger partial charge in [-0.3, -0.25) is 0 Å². The molecule has 0 bridgehead atoms. The fraction of sp³-hybridized carbons (Fsp3) is 0.250. The minimum Gasteiger partial charge on any atom is -0.310 e. The highest BCUT2D eigenvalue weighted by atomic mass is 28.4. The second-order valence-corrected chi connectivity index (χ2v) is 14.7. The van der Waals surface area contributed by atoms with Crippen molar-refractivity contribution in [3.8, 4) is 0 Å². The Morgan fingerprint density at radius 2 is 0.697 bits per heavy atom. The molecule has 3 aromatic carbocycles. The SMILES string of the molecule is CCON1[Si](c2ccccc2)N(OCC)[Si](c2ccccc2)N(OCC)[Si]1c1ccccc1. The average Bonchev–Trinajstić information content (AvgIpc) is 2.86. The minimum absolute atomic E-state index is 0.579. The van der Waals surface area contributed by atoms with E-state index in [1.165, 1.54) is 15.6 Å². The van der Waals surface area contributed by atoms with Crippen LogP contribution in [0.15, 0.2) is 91.0 Å². The highest BCUT2D eigenvalue weighted by Crippen LogP contribution is 2.22. The van der Waals surface area contributed by atoms with Crippen molar-refractivity contribution in [1.82, 2.24) is 13.2 Å². The van der Waals surface area contributed by atoms with Gasteiger partial charge in [0.15, 0.2) is 0 Å². The lowest BCUT2D eigenvalue weighted by Crippen LogP contribution is -2.84. The summed E-state index contributed by atoms with van der Waals surface area (Å²) in [7, 11) is -4.73. The zero-order chi connectivity index (χ0) is 23.0. The molecule has 0 N–H and O–H groups in total. The zero-order valence-electron chi connectivity index (χ0n) is 19.3. The van der Waals surface area contributed by atoms with Gasteiger partial charge in [-0.05, 0) is 36.3 Å². The molecule has 4 rings (SSSR count). The molecule has 0 amide bonds. The van der Waals surface area contributed by atoms with E-state index in [0.717, 1.165) is 0 Å². The first-order chi connectivity index (χ1) is 16.3. The predicted molar refractivity (Wildman–Crippen MR) is 136 cm³/mol. The monoisotopic (exact) mass is 492 g/mol. The molecule has 0 spiro atoms. The molecule has 1 fully saturated rings. The standard InChI is InChI=1S/C24H30N3O3Si3/c1-4-28-25-31(22-16-10-7-11-17-22)26(29-5-2)33(24-20-14-9-15-21-24)27(30-6-3)32(25)23-18-12-8-13-19-23/h7-21H,4-6H2,1-3H3. The van der Waals surface area contributed by atoms with Crippen LogP contribution in [-0.2, 0) is 14.5 Å². The van der Waals surface area contributed by atoms with Gasteiger partial charge in [0, 0.05) is 0 Å². The lowest BCUT2D eigenvalue weighted by Gasteiger charge is -2.51. The summed E-state index contributed by atoms with van der Waals surface area (Å²) in [5.74, 6) is 0. The number of hydrogen-bond donors (Lipinski definition) is 0. The number of nitrogens with zero attached hydrogens (tertiary/aromatic N) is 3. The summed E-state index contributed by atoms with van der Waals surface area (Å²) in [5, 5.41) is 3.70. The maximum Gasteiger partial charge on any atom is 0.306 e. The molecule has 0 aliphatic carbocycles. The summed E-state index contributed by atoms with van der Waals surface area (Å²) >= 11 is 0. The van der Waals surface area contributed by atoms with Crippen LogP contribution in [0, 0.1) is 0 Å². The van der Waals surface area contributed by atoms with E-state index in [0.29, 0.717) is 19.8 Å². The quantitative estimate of drug-likeness (QED) is 0.425. The number of hydrogen-bond acceptors (Lipinski definition) is 6. The van der Waals surface area contributed by atoms with Crippen molar-refractivity contribution >= 4 is 42.9 Å². The van der Waals surface area contributed by atoms with Crippen LogP contribution in [0.2, 0.25) is 0 Å². The first-order valence-corrected chi connectivity index (χ1v) is 15.5. The fourth-order valence-electron chi connectivity index (χ4n) is 3.77. The van der Waals surface area contributed by atoms with Crippen LogP contribution in [-0.4, -0.2) is 60.4 Å². The van der Waals surface area contributed by atoms with Gasteiger partial charge >= 0.3 is 27.4 Å². The molecule has 3 radical (unpaired) electrons. The normalized spacial score (nSPS) is 17.5. The molecule has 0 aromatic heterocycles. The highest BCUT2D eigenvalue weighted by Gasteiger charge is 2.55. The van der Waals surface area contributed by atoms with Crippen molar-refractivity contribution in [1.29, 1.82) is 0 Å². The van der Waals surface area contributed by atoms with Crippen LogP contribution in [0.4, 0.5) is 0 Å². The molecule has 1 heterocycles. The van der Waals surface area contributed by atoms with Gasteiger partial charge in [0.2, 0.25) is 0 Å². The van der Waals surface area contributed by atoms with Gasteiger partial charge in [0.05, 0.1) is 19.8 Å². The summed E-state index contributed by atoms with van der Waals surface area (Å²) < 4.78 is 6.67. The molecule has 1 aliphatic heterocycles. The Balaban J connectivity index is 1.94. The maximum absolute atomic E-state index is 6.45. The van der Waals surface area contributed by atoms with Gasteiger partial charge < -0.3 is 14.5 Å². The third kappa shape index (κ3) is 5.27. The Kier molecular flexibility index (Phi) is 8.78.